The molecule has 0 amide bonds. The van der Waals surface area contributed by atoms with Crippen LogP contribution < -0.4 is 10.2 Å². The van der Waals surface area contributed by atoms with Gasteiger partial charge in [0.25, 0.3) is 0 Å². The molecule has 0 aromatic carbocycles. The maximum Gasteiger partial charge on any atom is 0.190 e. The van der Waals surface area contributed by atoms with Gasteiger partial charge in [0.05, 0.1) is 0 Å². The molecule has 28 heavy (non-hydrogen) atoms. The Hall–Kier alpha value is -3.11. The summed E-state index contributed by atoms with van der Waals surface area (Å²) in [6, 6.07) is 7.99. The number of piperazine rings is 1. The Morgan fingerprint density at radius 1 is 1.00 bits per heavy atom. The molecule has 9 nitrogen and oxygen atoms in total. The van der Waals surface area contributed by atoms with Crippen molar-refractivity contribution in [1.82, 2.24) is 34.6 Å². The van der Waals surface area contributed by atoms with Gasteiger partial charge in [0.2, 0.25) is 0 Å². The molecule has 142 valence electrons. The molecule has 0 spiro atoms. The lowest BCUT2D eigenvalue weighted by molar-refractivity contribution is 0.313. The van der Waals surface area contributed by atoms with E-state index in [4.69, 9.17) is 0 Å². The number of hydrogen-bond acceptors (Lipinski definition) is 9. The van der Waals surface area contributed by atoms with E-state index in [9.17, 15) is 0 Å². The number of thiazole rings is 1. The van der Waals surface area contributed by atoms with Gasteiger partial charge in [-0.25, -0.2) is 15.0 Å². The molecule has 1 fully saturated rings. The fourth-order valence-electron chi connectivity index (χ4n) is 3.18. The van der Waals surface area contributed by atoms with Crippen molar-refractivity contribution in [3.05, 3.63) is 43.1 Å². The molecule has 5 heterocycles. The summed E-state index contributed by atoms with van der Waals surface area (Å²) in [5.74, 6) is 1.55. The SMILES string of the molecule is CN1CCN(c2ccnc(Nc3nc4ccc(-n5cnnc5)nc4s3)c2)CC1. The summed E-state index contributed by atoms with van der Waals surface area (Å²) in [7, 11) is 2.16. The summed E-state index contributed by atoms with van der Waals surface area (Å²) >= 11 is 1.50. The zero-order chi connectivity index (χ0) is 18.9. The Morgan fingerprint density at radius 3 is 2.64 bits per heavy atom. The summed E-state index contributed by atoms with van der Waals surface area (Å²) < 4.78 is 1.77. The van der Waals surface area contributed by atoms with Crippen molar-refractivity contribution in [2.75, 3.05) is 43.4 Å². The van der Waals surface area contributed by atoms with Gasteiger partial charge in [0.1, 0.15) is 34.6 Å². The lowest BCUT2D eigenvalue weighted by Crippen LogP contribution is -2.44. The summed E-state index contributed by atoms with van der Waals surface area (Å²) in [6.07, 6.45) is 5.09. The first-order valence-electron chi connectivity index (χ1n) is 9.04. The first-order chi connectivity index (χ1) is 13.7. The van der Waals surface area contributed by atoms with Gasteiger partial charge >= 0.3 is 0 Å². The quantitative estimate of drug-likeness (QED) is 0.564. The fourth-order valence-corrected chi connectivity index (χ4v) is 4.02. The number of hydrogen-bond donors (Lipinski definition) is 1. The summed E-state index contributed by atoms with van der Waals surface area (Å²) in [4.78, 5) is 19.3. The molecule has 0 bridgehead atoms. The Kier molecular flexibility index (Phi) is 4.34. The smallest absolute Gasteiger partial charge is 0.190 e. The molecule has 0 radical (unpaired) electrons. The summed E-state index contributed by atoms with van der Waals surface area (Å²) in [5, 5.41) is 11.7. The Balaban J connectivity index is 1.37. The number of likely N-dealkylation sites (N-methyl/N-ethyl adjacent to an activating group) is 1. The van der Waals surface area contributed by atoms with E-state index in [0.717, 1.165) is 53.3 Å². The Bertz CT molecular complexity index is 1080. The molecule has 0 unspecified atom stereocenters. The third-order valence-electron chi connectivity index (χ3n) is 4.77. The highest BCUT2D eigenvalue weighted by Crippen LogP contribution is 2.28. The number of pyridine rings is 2. The summed E-state index contributed by atoms with van der Waals surface area (Å²) in [6.45, 7) is 4.20. The predicted molar refractivity (Wildman–Crippen MR) is 110 cm³/mol. The first kappa shape index (κ1) is 17.0. The molecular weight excluding hydrogens is 374 g/mol. The second kappa shape index (κ2) is 7.13. The average molecular weight is 393 g/mol. The van der Waals surface area contributed by atoms with Crippen molar-refractivity contribution in [3.8, 4) is 5.82 Å². The molecule has 0 atom stereocenters. The van der Waals surface area contributed by atoms with E-state index in [1.807, 2.05) is 18.3 Å². The predicted octanol–water partition coefficient (Wildman–Crippen LogP) is 2.16. The monoisotopic (exact) mass is 393 g/mol. The minimum absolute atomic E-state index is 0.767. The molecule has 5 rings (SSSR count). The maximum absolute atomic E-state index is 4.64. The highest BCUT2D eigenvalue weighted by Gasteiger charge is 2.15. The van der Waals surface area contributed by atoms with E-state index in [1.165, 1.54) is 17.0 Å². The van der Waals surface area contributed by atoms with Crippen LogP contribution >= 0.6 is 11.3 Å². The van der Waals surface area contributed by atoms with Gasteiger partial charge in [0, 0.05) is 44.1 Å². The van der Waals surface area contributed by atoms with Crippen molar-refractivity contribution in [1.29, 1.82) is 0 Å². The molecule has 0 saturated carbocycles. The van der Waals surface area contributed by atoms with Crippen LogP contribution in [0.25, 0.3) is 16.2 Å². The van der Waals surface area contributed by atoms with Crippen LogP contribution in [0, 0.1) is 0 Å². The largest absolute Gasteiger partial charge is 0.369 e. The molecular formula is C18H19N9S. The number of nitrogens with zero attached hydrogens (tertiary/aromatic N) is 8. The van der Waals surface area contributed by atoms with E-state index in [2.05, 4.69) is 59.4 Å². The topological polar surface area (TPSA) is 87.9 Å². The van der Waals surface area contributed by atoms with Crippen LogP contribution in [0.2, 0.25) is 0 Å². The zero-order valence-electron chi connectivity index (χ0n) is 15.4. The molecule has 4 aromatic rings. The zero-order valence-corrected chi connectivity index (χ0v) is 16.2. The molecule has 4 aromatic heterocycles. The van der Waals surface area contributed by atoms with Crippen molar-refractivity contribution < 1.29 is 0 Å². The normalized spacial score (nSPS) is 15.2. The van der Waals surface area contributed by atoms with Gasteiger partial charge in [-0.15, -0.1) is 10.2 Å². The molecule has 10 heteroatoms. The molecule has 1 aliphatic rings. The number of rotatable bonds is 4. The average Bonchev–Trinajstić information content (AvgIpc) is 3.37. The second-order valence-corrected chi connectivity index (χ2v) is 7.67. The number of aromatic nitrogens is 6. The minimum atomic E-state index is 0.767. The standard InChI is InChI=1S/C18H19N9S/c1-25-6-8-26(9-7-25)13-4-5-19-15(10-13)23-18-22-14-2-3-16(24-17(14)28-18)27-11-20-21-12-27/h2-5,10-12H,6-9H2,1H3,(H,19,22,23). The van der Waals surface area contributed by atoms with Gasteiger partial charge in [-0.2, -0.15) is 0 Å². The van der Waals surface area contributed by atoms with Crippen molar-refractivity contribution in [2.24, 2.45) is 0 Å². The van der Waals surface area contributed by atoms with Crippen LogP contribution in [0.5, 0.6) is 0 Å². The van der Waals surface area contributed by atoms with Gasteiger partial charge in [-0.05, 0) is 25.2 Å². The van der Waals surface area contributed by atoms with E-state index < -0.39 is 0 Å². The van der Waals surface area contributed by atoms with Crippen molar-refractivity contribution >= 4 is 38.3 Å². The fraction of sp³-hybridized carbons (Fsp3) is 0.278. The lowest BCUT2D eigenvalue weighted by atomic mass is 10.2. The van der Waals surface area contributed by atoms with Crippen molar-refractivity contribution in [2.45, 2.75) is 0 Å². The number of nitrogens with one attached hydrogen (secondary N) is 1. The van der Waals surface area contributed by atoms with Gasteiger partial charge in [-0.3, -0.25) is 4.57 Å². The highest BCUT2D eigenvalue weighted by molar-refractivity contribution is 7.21. The molecule has 1 saturated heterocycles. The van der Waals surface area contributed by atoms with Crippen molar-refractivity contribution in [3.63, 3.8) is 0 Å². The van der Waals surface area contributed by atoms with Crippen LogP contribution in [-0.4, -0.2) is 67.8 Å². The van der Waals surface area contributed by atoms with Gasteiger partial charge in [-0.1, -0.05) is 11.3 Å². The summed E-state index contributed by atoms with van der Waals surface area (Å²) in [5.41, 5.74) is 2.03. The van der Waals surface area contributed by atoms with Gasteiger partial charge < -0.3 is 15.1 Å². The first-order valence-corrected chi connectivity index (χ1v) is 9.85. The van der Waals surface area contributed by atoms with Crippen LogP contribution in [0.4, 0.5) is 16.6 Å². The van der Waals surface area contributed by atoms with E-state index >= 15 is 0 Å². The van der Waals surface area contributed by atoms with Crippen LogP contribution in [-0.2, 0) is 0 Å². The second-order valence-electron chi connectivity index (χ2n) is 6.70. The van der Waals surface area contributed by atoms with Gasteiger partial charge in [0.15, 0.2) is 5.13 Å². The van der Waals surface area contributed by atoms with Crippen LogP contribution in [0.1, 0.15) is 0 Å². The Labute approximate surface area is 165 Å². The molecule has 0 aliphatic carbocycles. The third-order valence-corrected chi connectivity index (χ3v) is 5.65. The maximum atomic E-state index is 4.64. The molecule has 1 aliphatic heterocycles. The van der Waals surface area contributed by atoms with Crippen LogP contribution in [0.15, 0.2) is 43.1 Å². The van der Waals surface area contributed by atoms with E-state index in [1.54, 1.807) is 17.2 Å². The molecule has 1 N–H and O–H groups in total. The third kappa shape index (κ3) is 3.39. The van der Waals surface area contributed by atoms with E-state index in [0.29, 0.717) is 0 Å². The Morgan fingerprint density at radius 2 is 1.82 bits per heavy atom. The minimum Gasteiger partial charge on any atom is -0.369 e. The number of anilines is 3. The number of fused-ring (bicyclic) bond motifs is 1. The highest BCUT2D eigenvalue weighted by atomic mass is 32.1. The van der Waals surface area contributed by atoms with Crippen LogP contribution in [0.3, 0.4) is 0 Å². The lowest BCUT2D eigenvalue weighted by Gasteiger charge is -2.34. The van der Waals surface area contributed by atoms with E-state index in [-0.39, 0.29) is 0 Å².